The van der Waals surface area contributed by atoms with Gasteiger partial charge in [-0.2, -0.15) is 5.10 Å². The summed E-state index contributed by atoms with van der Waals surface area (Å²) < 4.78 is 1.65. The first-order valence-corrected chi connectivity index (χ1v) is 6.42. The van der Waals surface area contributed by atoms with Gasteiger partial charge in [-0.15, -0.1) is 0 Å². The zero-order chi connectivity index (χ0) is 14.0. The van der Waals surface area contributed by atoms with Gasteiger partial charge in [0.1, 0.15) is 10.3 Å². The molecule has 5 nitrogen and oxygen atoms in total. The molecule has 0 fully saturated rings. The molecule has 0 unspecified atom stereocenters. The van der Waals surface area contributed by atoms with Crippen LogP contribution in [-0.2, 0) is 13.5 Å². The van der Waals surface area contributed by atoms with E-state index in [2.05, 4.69) is 15.4 Å². The molecule has 0 aromatic carbocycles. The first-order valence-electron chi connectivity index (χ1n) is 5.67. The average Bonchev–Trinajstić information content (AvgIpc) is 2.69. The van der Waals surface area contributed by atoms with Crippen molar-refractivity contribution in [1.82, 2.24) is 14.8 Å². The second-order valence-corrected chi connectivity index (χ2v) is 4.69. The molecule has 0 aliphatic carbocycles. The van der Waals surface area contributed by atoms with Crippen LogP contribution >= 0.6 is 23.2 Å². The molecule has 0 spiro atoms. The topological polar surface area (TPSA) is 59.8 Å². The molecule has 0 aliphatic heterocycles. The fourth-order valence-corrected chi connectivity index (χ4v) is 2.10. The van der Waals surface area contributed by atoms with E-state index in [1.165, 1.54) is 12.1 Å². The lowest BCUT2D eigenvalue weighted by Gasteiger charge is -2.05. The van der Waals surface area contributed by atoms with Gasteiger partial charge in [-0.25, -0.2) is 4.98 Å². The van der Waals surface area contributed by atoms with Crippen molar-refractivity contribution in [2.24, 2.45) is 7.05 Å². The normalized spacial score (nSPS) is 10.5. The van der Waals surface area contributed by atoms with E-state index in [1.807, 2.05) is 6.92 Å². The van der Waals surface area contributed by atoms with Crippen molar-refractivity contribution in [2.75, 3.05) is 5.32 Å². The second-order valence-electron chi connectivity index (χ2n) is 3.94. The Bertz CT molecular complexity index is 624. The minimum Gasteiger partial charge on any atom is -0.319 e. The molecule has 0 aliphatic rings. The number of aromatic nitrogens is 3. The lowest BCUT2D eigenvalue weighted by molar-refractivity contribution is 0.102. The highest BCUT2D eigenvalue weighted by Gasteiger charge is 2.15. The Hall–Kier alpha value is -1.59. The minimum absolute atomic E-state index is 0.0759. The Kier molecular flexibility index (Phi) is 4.07. The van der Waals surface area contributed by atoms with Gasteiger partial charge in [0.05, 0.1) is 16.9 Å². The number of hydrogen-bond donors (Lipinski definition) is 1. The number of hydrogen-bond acceptors (Lipinski definition) is 3. The molecule has 0 radical (unpaired) electrons. The van der Waals surface area contributed by atoms with E-state index in [9.17, 15) is 4.79 Å². The van der Waals surface area contributed by atoms with E-state index in [1.54, 1.807) is 17.9 Å². The van der Waals surface area contributed by atoms with E-state index >= 15 is 0 Å². The molecule has 2 aromatic rings. The van der Waals surface area contributed by atoms with Crippen molar-refractivity contribution in [3.63, 3.8) is 0 Å². The number of pyridine rings is 1. The minimum atomic E-state index is -0.336. The van der Waals surface area contributed by atoms with E-state index in [-0.39, 0.29) is 21.8 Å². The molecule has 1 N–H and O–H groups in total. The predicted molar refractivity (Wildman–Crippen MR) is 74.8 cm³/mol. The third-order valence-corrected chi connectivity index (χ3v) is 3.05. The summed E-state index contributed by atoms with van der Waals surface area (Å²) in [6.07, 6.45) is 2.47. The molecule has 0 saturated carbocycles. The number of nitrogens with zero attached hydrogens (tertiary/aromatic N) is 3. The Morgan fingerprint density at radius 2 is 2.16 bits per heavy atom. The first-order chi connectivity index (χ1) is 9.01. The number of carbonyl (C=O) groups excluding carboxylic acids is 1. The number of amides is 1. The largest absolute Gasteiger partial charge is 0.319 e. The molecule has 2 heterocycles. The molecule has 100 valence electrons. The molecule has 0 bridgehead atoms. The third-order valence-electron chi connectivity index (χ3n) is 2.55. The monoisotopic (exact) mass is 298 g/mol. The molecular formula is C12H12Cl2N4O. The Morgan fingerprint density at radius 3 is 2.79 bits per heavy atom. The summed E-state index contributed by atoms with van der Waals surface area (Å²) in [6, 6.07) is 3.06. The van der Waals surface area contributed by atoms with Crippen LogP contribution < -0.4 is 5.32 Å². The van der Waals surface area contributed by atoms with Crippen molar-refractivity contribution in [3.05, 3.63) is 39.9 Å². The Balaban J connectivity index is 2.25. The van der Waals surface area contributed by atoms with Crippen LogP contribution in [0.1, 0.15) is 23.0 Å². The molecule has 0 saturated heterocycles. The quantitative estimate of drug-likeness (QED) is 0.886. The summed E-state index contributed by atoms with van der Waals surface area (Å²) in [5, 5.41) is 7.34. The standard InChI is InChI=1S/C12H12Cl2N4O/c1-3-8-9(6-18(2)17-8)15-12(19)7-4-5-10(13)16-11(7)14/h4-6H,3H2,1-2H3,(H,15,19). The van der Waals surface area contributed by atoms with Crippen molar-refractivity contribution in [2.45, 2.75) is 13.3 Å². The Labute approximate surface area is 120 Å². The van der Waals surface area contributed by atoms with Gasteiger partial charge < -0.3 is 5.32 Å². The lowest BCUT2D eigenvalue weighted by Crippen LogP contribution is -2.13. The molecular weight excluding hydrogens is 287 g/mol. The van der Waals surface area contributed by atoms with Crippen LogP contribution in [0.3, 0.4) is 0 Å². The van der Waals surface area contributed by atoms with E-state index in [0.717, 1.165) is 12.1 Å². The van der Waals surface area contributed by atoms with Gasteiger partial charge in [0.2, 0.25) is 0 Å². The molecule has 7 heteroatoms. The maximum Gasteiger partial charge on any atom is 0.258 e. The number of aryl methyl sites for hydroxylation is 2. The summed E-state index contributed by atoms with van der Waals surface area (Å²) in [4.78, 5) is 15.9. The molecule has 2 aromatic heterocycles. The summed E-state index contributed by atoms with van der Waals surface area (Å²) >= 11 is 11.6. The fourth-order valence-electron chi connectivity index (χ4n) is 1.67. The molecule has 0 atom stereocenters. The summed E-state index contributed by atoms with van der Waals surface area (Å²) in [7, 11) is 1.80. The molecule has 1 amide bonds. The maximum absolute atomic E-state index is 12.1. The smallest absolute Gasteiger partial charge is 0.258 e. The van der Waals surface area contributed by atoms with Gasteiger partial charge in [0.25, 0.3) is 5.91 Å². The maximum atomic E-state index is 12.1. The van der Waals surface area contributed by atoms with Crippen LogP contribution in [0.25, 0.3) is 0 Å². The number of nitrogens with one attached hydrogen (secondary N) is 1. The SMILES string of the molecule is CCc1nn(C)cc1NC(=O)c1ccc(Cl)nc1Cl. The second kappa shape index (κ2) is 5.59. The highest BCUT2D eigenvalue weighted by atomic mass is 35.5. The van der Waals surface area contributed by atoms with E-state index in [0.29, 0.717) is 5.69 Å². The van der Waals surface area contributed by atoms with Crippen LogP contribution in [0.4, 0.5) is 5.69 Å². The van der Waals surface area contributed by atoms with Gasteiger partial charge in [-0.3, -0.25) is 9.48 Å². The van der Waals surface area contributed by atoms with Crippen LogP contribution in [0.5, 0.6) is 0 Å². The van der Waals surface area contributed by atoms with Crippen LogP contribution in [-0.4, -0.2) is 20.7 Å². The highest BCUT2D eigenvalue weighted by molar-refractivity contribution is 6.35. The van der Waals surface area contributed by atoms with Crippen LogP contribution in [0, 0.1) is 0 Å². The number of anilines is 1. The number of rotatable bonds is 3. The third kappa shape index (κ3) is 3.05. The summed E-state index contributed by atoms with van der Waals surface area (Å²) in [5.41, 5.74) is 1.76. The first kappa shape index (κ1) is 13.8. The average molecular weight is 299 g/mol. The van der Waals surface area contributed by atoms with Gasteiger partial charge in [0.15, 0.2) is 0 Å². The molecule has 2 rings (SSSR count). The van der Waals surface area contributed by atoms with Crippen LogP contribution in [0.15, 0.2) is 18.3 Å². The lowest BCUT2D eigenvalue weighted by atomic mass is 10.2. The zero-order valence-electron chi connectivity index (χ0n) is 10.4. The van der Waals surface area contributed by atoms with E-state index in [4.69, 9.17) is 23.2 Å². The van der Waals surface area contributed by atoms with Crippen molar-refractivity contribution < 1.29 is 4.79 Å². The number of halogens is 2. The zero-order valence-corrected chi connectivity index (χ0v) is 12.0. The molecule has 19 heavy (non-hydrogen) atoms. The van der Waals surface area contributed by atoms with Crippen LogP contribution in [0.2, 0.25) is 10.3 Å². The highest BCUT2D eigenvalue weighted by Crippen LogP contribution is 2.20. The summed E-state index contributed by atoms with van der Waals surface area (Å²) in [5.74, 6) is -0.336. The predicted octanol–water partition coefficient (Wildman–Crippen LogP) is 2.94. The van der Waals surface area contributed by atoms with Gasteiger partial charge in [-0.05, 0) is 18.6 Å². The van der Waals surface area contributed by atoms with Gasteiger partial charge >= 0.3 is 0 Å². The van der Waals surface area contributed by atoms with Crippen molar-refractivity contribution >= 4 is 34.8 Å². The van der Waals surface area contributed by atoms with Gasteiger partial charge in [-0.1, -0.05) is 30.1 Å². The Morgan fingerprint density at radius 1 is 1.42 bits per heavy atom. The van der Waals surface area contributed by atoms with Crippen molar-refractivity contribution in [3.8, 4) is 0 Å². The summed E-state index contributed by atoms with van der Waals surface area (Å²) in [6.45, 7) is 1.97. The number of carbonyl (C=O) groups is 1. The van der Waals surface area contributed by atoms with Crippen molar-refractivity contribution in [1.29, 1.82) is 0 Å². The van der Waals surface area contributed by atoms with Gasteiger partial charge in [0, 0.05) is 13.2 Å². The van der Waals surface area contributed by atoms with E-state index < -0.39 is 0 Å². The fraction of sp³-hybridized carbons (Fsp3) is 0.250.